The second kappa shape index (κ2) is 10.7. The first-order valence-electron chi connectivity index (χ1n) is 10.6. The molecule has 0 aliphatic carbocycles. The van der Waals surface area contributed by atoms with Crippen LogP contribution in [0.2, 0.25) is 0 Å². The highest BCUT2D eigenvalue weighted by atomic mass is 32.2. The van der Waals surface area contributed by atoms with E-state index in [1.165, 1.54) is 30.9 Å². The van der Waals surface area contributed by atoms with Crippen molar-refractivity contribution in [3.8, 4) is 0 Å². The Kier molecular flexibility index (Phi) is 7.66. The fraction of sp³-hybridized carbons (Fsp3) is 0. The van der Waals surface area contributed by atoms with Crippen LogP contribution in [0.4, 0.5) is 33.5 Å². The van der Waals surface area contributed by atoms with Gasteiger partial charge in [-0.25, -0.2) is 19.7 Å². The van der Waals surface area contributed by atoms with Crippen LogP contribution >= 0.6 is 0 Å². The average molecular weight is 625 g/mol. The summed E-state index contributed by atoms with van der Waals surface area (Å²) < 4.78 is 100. The van der Waals surface area contributed by atoms with Gasteiger partial charge in [-0.2, -0.15) is 25.3 Å². The SMILES string of the molecule is NC(=O)Nc1cc(Nc2ncncn2)ccc1N=Nc1cc2c(S(=O)(=O)O)cc(S(=O)(=O)O)cc2cc1S(=O)(=O)O. The predicted octanol–water partition coefficient (Wildman–Crippen LogP) is 2.41. The van der Waals surface area contributed by atoms with E-state index in [1.807, 2.05) is 0 Å². The largest absolute Gasteiger partial charge is 0.351 e. The summed E-state index contributed by atoms with van der Waals surface area (Å²) in [4.78, 5) is 20.1. The first kappa shape index (κ1) is 29.3. The molecule has 21 heteroatoms. The number of urea groups is 1. The summed E-state index contributed by atoms with van der Waals surface area (Å²) in [6.07, 6.45) is 2.46. The van der Waals surface area contributed by atoms with Gasteiger partial charge in [0.1, 0.15) is 33.8 Å². The number of primary amides is 1. The summed E-state index contributed by atoms with van der Waals surface area (Å²) in [5.74, 6) is 0.153. The zero-order chi connectivity index (χ0) is 30.2. The van der Waals surface area contributed by atoms with Crippen LogP contribution in [-0.2, 0) is 30.4 Å². The number of amides is 2. The van der Waals surface area contributed by atoms with Crippen molar-refractivity contribution in [2.45, 2.75) is 14.7 Å². The Morgan fingerprint density at radius 1 is 0.780 bits per heavy atom. The molecule has 1 heterocycles. The summed E-state index contributed by atoms with van der Waals surface area (Å²) in [5, 5.41) is 11.9. The zero-order valence-electron chi connectivity index (χ0n) is 19.9. The Morgan fingerprint density at radius 2 is 1.41 bits per heavy atom. The van der Waals surface area contributed by atoms with Crippen LogP contribution in [-0.4, -0.2) is 59.9 Å². The molecule has 1 aromatic heterocycles. The number of aromatic nitrogens is 3. The number of anilines is 3. The highest BCUT2D eigenvalue weighted by molar-refractivity contribution is 7.87. The fourth-order valence-corrected chi connectivity index (χ4v) is 5.43. The Hall–Kier alpha value is -4.67. The molecule has 4 rings (SSSR count). The summed E-state index contributed by atoms with van der Waals surface area (Å²) in [7, 11) is -15.2. The quantitative estimate of drug-likeness (QED) is 0.121. The molecule has 0 bridgehead atoms. The van der Waals surface area contributed by atoms with Gasteiger partial charge < -0.3 is 16.4 Å². The Balaban J connectivity index is 1.89. The number of nitrogens with one attached hydrogen (secondary N) is 2. The van der Waals surface area contributed by atoms with Gasteiger partial charge in [0.2, 0.25) is 5.95 Å². The van der Waals surface area contributed by atoms with Crippen LogP contribution in [0.3, 0.4) is 0 Å². The number of nitrogens with two attached hydrogens (primary N) is 1. The van der Waals surface area contributed by atoms with E-state index in [0.29, 0.717) is 23.9 Å². The molecular formula is C20H16N8O10S3. The zero-order valence-corrected chi connectivity index (χ0v) is 22.4. The van der Waals surface area contributed by atoms with Crippen LogP contribution in [0.1, 0.15) is 0 Å². The minimum absolute atomic E-state index is 0.0362. The van der Waals surface area contributed by atoms with Crippen molar-refractivity contribution in [3.63, 3.8) is 0 Å². The molecule has 214 valence electrons. The van der Waals surface area contributed by atoms with Gasteiger partial charge >= 0.3 is 6.03 Å². The van der Waals surface area contributed by atoms with E-state index >= 15 is 0 Å². The van der Waals surface area contributed by atoms with Crippen molar-refractivity contribution < 1.29 is 43.7 Å². The van der Waals surface area contributed by atoms with Crippen LogP contribution < -0.4 is 16.4 Å². The molecule has 0 fully saturated rings. The summed E-state index contributed by atoms with van der Waals surface area (Å²) in [6.45, 7) is 0. The minimum Gasteiger partial charge on any atom is -0.351 e. The smallest absolute Gasteiger partial charge is 0.316 e. The third kappa shape index (κ3) is 6.92. The van der Waals surface area contributed by atoms with Crippen molar-refractivity contribution in [2.75, 3.05) is 10.6 Å². The summed E-state index contributed by atoms with van der Waals surface area (Å²) in [5.41, 5.74) is 4.78. The first-order valence-corrected chi connectivity index (χ1v) is 14.9. The number of hydrogen-bond acceptors (Lipinski definition) is 13. The fourth-order valence-electron chi connectivity index (χ4n) is 3.44. The second-order valence-corrected chi connectivity index (χ2v) is 12.1. The number of fused-ring (bicyclic) bond motifs is 1. The molecule has 4 aromatic rings. The average Bonchev–Trinajstić information content (AvgIpc) is 2.85. The van der Waals surface area contributed by atoms with Gasteiger partial charge in [0, 0.05) is 11.1 Å². The lowest BCUT2D eigenvalue weighted by Gasteiger charge is -2.11. The number of carbonyl (C=O) groups is 1. The Morgan fingerprint density at radius 3 is 2.00 bits per heavy atom. The topological polar surface area (TPSA) is 294 Å². The van der Waals surface area contributed by atoms with E-state index in [4.69, 9.17) is 5.73 Å². The van der Waals surface area contributed by atoms with E-state index in [2.05, 4.69) is 35.8 Å². The van der Waals surface area contributed by atoms with Crippen molar-refractivity contribution in [3.05, 3.63) is 55.1 Å². The molecule has 0 aliphatic heterocycles. The second-order valence-electron chi connectivity index (χ2n) is 7.90. The molecule has 0 spiro atoms. The Labute approximate surface area is 230 Å². The molecule has 18 nitrogen and oxygen atoms in total. The number of benzene rings is 3. The molecule has 3 aromatic carbocycles. The van der Waals surface area contributed by atoms with Crippen molar-refractivity contribution >= 4 is 75.9 Å². The van der Waals surface area contributed by atoms with E-state index in [1.54, 1.807) is 0 Å². The maximum absolute atomic E-state index is 12.1. The van der Waals surface area contributed by atoms with Gasteiger partial charge in [-0.1, -0.05) is 0 Å². The molecular weight excluding hydrogens is 608 g/mol. The molecule has 0 unspecified atom stereocenters. The van der Waals surface area contributed by atoms with Gasteiger partial charge in [0.25, 0.3) is 30.4 Å². The molecule has 0 saturated heterocycles. The number of nitrogens with zero attached hydrogens (tertiary/aromatic N) is 5. The third-order valence-electron chi connectivity index (χ3n) is 5.09. The lowest BCUT2D eigenvalue weighted by atomic mass is 10.1. The number of rotatable bonds is 8. The number of hydrogen-bond donors (Lipinski definition) is 6. The number of carbonyl (C=O) groups excluding carboxylic acids is 1. The minimum atomic E-state index is -5.14. The van der Waals surface area contributed by atoms with E-state index in [-0.39, 0.29) is 17.3 Å². The summed E-state index contributed by atoms with van der Waals surface area (Å²) >= 11 is 0. The Bertz CT molecular complexity index is 2050. The van der Waals surface area contributed by atoms with E-state index in [9.17, 15) is 43.7 Å². The van der Waals surface area contributed by atoms with Crippen molar-refractivity contribution in [1.29, 1.82) is 0 Å². The predicted molar refractivity (Wildman–Crippen MR) is 140 cm³/mol. The molecule has 0 saturated carbocycles. The molecule has 7 N–H and O–H groups in total. The van der Waals surface area contributed by atoms with E-state index < -0.39 is 67.5 Å². The van der Waals surface area contributed by atoms with Crippen LogP contribution in [0.25, 0.3) is 10.8 Å². The maximum Gasteiger partial charge on any atom is 0.316 e. The van der Waals surface area contributed by atoms with Crippen molar-refractivity contribution in [2.24, 2.45) is 16.0 Å². The maximum atomic E-state index is 12.1. The van der Waals surface area contributed by atoms with Gasteiger partial charge in [0.05, 0.1) is 10.6 Å². The standard InChI is InChI=1S/C20H16N8O10S3/c21-19(29)26-15-5-11(25-20-23-8-22-9-24-20)1-2-14(15)27-28-16-7-13-10(4-18(16)41(36,37)38)3-12(39(30,31)32)6-17(13)40(33,34)35/h1-9H,(H3,21,26,29)(H,30,31,32)(H,33,34,35)(H,36,37,38)(H,22,23,24,25). The molecule has 0 radical (unpaired) electrons. The monoisotopic (exact) mass is 624 g/mol. The van der Waals surface area contributed by atoms with Crippen LogP contribution in [0, 0.1) is 0 Å². The highest BCUT2D eigenvalue weighted by Gasteiger charge is 2.24. The first-order chi connectivity index (χ1) is 19.0. The summed E-state index contributed by atoms with van der Waals surface area (Å²) in [6, 6.07) is 5.70. The third-order valence-corrected chi connectivity index (χ3v) is 7.70. The molecule has 0 aliphatic rings. The molecule has 2 amide bonds. The van der Waals surface area contributed by atoms with Crippen molar-refractivity contribution in [1.82, 2.24) is 15.0 Å². The van der Waals surface area contributed by atoms with Gasteiger partial charge in [-0.05, 0) is 47.9 Å². The lowest BCUT2D eigenvalue weighted by molar-refractivity contribution is 0.259. The van der Waals surface area contributed by atoms with Crippen LogP contribution in [0.15, 0.2) is 80.0 Å². The lowest BCUT2D eigenvalue weighted by Crippen LogP contribution is -2.19. The molecule has 41 heavy (non-hydrogen) atoms. The normalized spacial score (nSPS) is 12.5. The van der Waals surface area contributed by atoms with Gasteiger partial charge in [-0.15, -0.1) is 10.2 Å². The van der Waals surface area contributed by atoms with E-state index in [0.717, 1.165) is 6.07 Å². The van der Waals surface area contributed by atoms with Gasteiger partial charge in [-0.3, -0.25) is 13.7 Å². The number of azo groups is 1. The highest BCUT2D eigenvalue weighted by Crippen LogP contribution is 2.37. The van der Waals surface area contributed by atoms with Crippen LogP contribution in [0.5, 0.6) is 0 Å². The van der Waals surface area contributed by atoms with Gasteiger partial charge in [0.15, 0.2) is 0 Å². The molecule has 0 atom stereocenters.